The number of carbonyl (C=O) groups excluding carboxylic acids is 3. The van der Waals surface area contributed by atoms with Crippen molar-refractivity contribution in [2.75, 3.05) is 11.4 Å². The Morgan fingerprint density at radius 1 is 1.09 bits per heavy atom. The molecule has 0 N–H and O–H groups in total. The molecule has 116 valence electrons. The maximum atomic E-state index is 12.3. The van der Waals surface area contributed by atoms with Crippen LogP contribution in [0.15, 0.2) is 54.6 Å². The van der Waals surface area contributed by atoms with Gasteiger partial charge in [-0.15, -0.1) is 0 Å². The molecular weight excluding hydrogens is 294 g/mol. The van der Waals surface area contributed by atoms with Crippen LogP contribution in [0.5, 0.6) is 5.75 Å². The van der Waals surface area contributed by atoms with Gasteiger partial charge in [0.1, 0.15) is 5.75 Å². The van der Waals surface area contributed by atoms with Crippen molar-refractivity contribution in [3.63, 3.8) is 0 Å². The summed E-state index contributed by atoms with van der Waals surface area (Å²) in [6.07, 6.45) is 0.746. The molecule has 0 saturated carbocycles. The van der Waals surface area contributed by atoms with Crippen molar-refractivity contribution >= 4 is 23.9 Å². The number of para-hydroxylation sites is 2. The molecule has 0 aliphatic carbocycles. The highest BCUT2D eigenvalue weighted by atomic mass is 16.5. The highest BCUT2D eigenvalue weighted by Gasteiger charge is 2.36. The summed E-state index contributed by atoms with van der Waals surface area (Å²) in [7, 11) is 0. The van der Waals surface area contributed by atoms with E-state index >= 15 is 0 Å². The molecular formula is C18H15NO4. The lowest BCUT2D eigenvalue weighted by Crippen LogP contribution is -2.27. The van der Waals surface area contributed by atoms with Gasteiger partial charge in [0.2, 0.25) is 5.91 Å². The molecule has 1 aliphatic rings. The Labute approximate surface area is 133 Å². The van der Waals surface area contributed by atoms with Crippen LogP contribution in [0, 0.1) is 5.92 Å². The number of ether oxygens (including phenoxy) is 1. The van der Waals surface area contributed by atoms with Crippen LogP contribution >= 0.6 is 0 Å². The largest absolute Gasteiger partial charge is 0.425 e. The van der Waals surface area contributed by atoms with Crippen LogP contribution < -0.4 is 9.64 Å². The van der Waals surface area contributed by atoms with Crippen LogP contribution in [0.4, 0.5) is 5.69 Å². The van der Waals surface area contributed by atoms with Gasteiger partial charge < -0.3 is 9.64 Å². The molecule has 1 amide bonds. The number of aldehydes is 1. The number of anilines is 1. The molecule has 23 heavy (non-hydrogen) atoms. The van der Waals surface area contributed by atoms with Gasteiger partial charge in [0.25, 0.3) is 0 Å². The summed E-state index contributed by atoms with van der Waals surface area (Å²) in [6.45, 7) is 0.283. The molecule has 0 bridgehead atoms. The molecule has 1 atom stereocenters. The Balaban J connectivity index is 1.72. The number of nitrogens with zero attached hydrogens (tertiary/aromatic N) is 1. The molecule has 1 fully saturated rings. The minimum atomic E-state index is -0.539. The molecule has 0 spiro atoms. The number of benzene rings is 2. The van der Waals surface area contributed by atoms with Crippen molar-refractivity contribution < 1.29 is 19.1 Å². The van der Waals surface area contributed by atoms with Crippen LogP contribution in [0.1, 0.15) is 16.8 Å². The normalized spacial score (nSPS) is 17.1. The van der Waals surface area contributed by atoms with Crippen LogP contribution in [0.25, 0.3) is 0 Å². The van der Waals surface area contributed by atoms with Crippen LogP contribution in [-0.4, -0.2) is 24.7 Å². The summed E-state index contributed by atoms with van der Waals surface area (Å²) >= 11 is 0. The van der Waals surface area contributed by atoms with Crippen LogP contribution in [0.3, 0.4) is 0 Å². The standard InChI is InChI=1S/C18H15NO4/c20-12-13-6-4-5-9-16(13)23-18(22)14-10-17(21)19(11-14)15-7-2-1-3-8-15/h1-9,12,14H,10-11H2/t14-/m0/s1. The Hall–Kier alpha value is -2.95. The second kappa shape index (κ2) is 6.44. The van der Waals surface area contributed by atoms with E-state index in [9.17, 15) is 14.4 Å². The molecule has 5 heteroatoms. The molecule has 0 radical (unpaired) electrons. The lowest BCUT2D eigenvalue weighted by molar-refractivity contribution is -0.139. The summed E-state index contributed by atoms with van der Waals surface area (Å²) in [4.78, 5) is 37.0. The van der Waals surface area contributed by atoms with Crippen molar-refractivity contribution in [1.29, 1.82) is 0 Å². The third-order valence-corrected chi connectivity index (χ3v) is 3.78. The van der Waals surface area contributed by atoms with Crippen molar-refractivity contribution in [3.8, 4) is 5.75 Å². The van der Waals surface area contributed by atoms with E-state index < -0.39 is 11.9 Å². The van der Waals surface area contributed by atoms with Crippen molar-refractivity contribution in [2.45, 2.75) is 6.42 Å². The molecule has 0 unspecified atom stereocenters. The third-order valence-electron chi connectivity index (χ3n) is 3.78. The average molecular weight is 309 g/mol. The maximum Gasteiger partial charge on any atom is 0.316 e. The number of carbonyl (C=O) groups is 3. The minimum absolute atomic E-state index is 0.108. The first-order valence-corrected chi connectivity index (χ1v) is 7.30. The van der Waals surface area contributed by atoms with Gasteiger partial charge in [-0.2, -0.15) is 0 Å². The van der Waals surface area contributed by atoms with Crippen molar-refractivity contribution in [1.82, 2.24) is 0 Å². The van der Waals surface area contributed by atoms with E-state index in [1.807, 2.05) is 30.3 Å². The van der Waals surface area contributed by atoms with Gasteiger partial charge in [0.05, 0.1) is 11.5 Å². The first kappa shape index (κ1) is 15.0. The van der Waals surface area contributed by atoms with Gasteiger partial charge >= 0.3 is 5.97 Å². The smallest absolute Gasteiger partial charge is 0.316 e. The van der Waals surface area contributed by atoms with Crippen molar-refractivity contribution in [3.05, 3.63) is 60.2 Å². The summed E-state index contributed by atoms with van der Waals surface area (Å²) < 4.78 is 5.30. The van der Waals surface area contributed by atoms with Gasteiger partial charge in [0, 0.05) is 18.7 Å². The fourth-order valence-corrected chi connectivity index (χ4v) is 2.59. The number of amides is 1. The van der Waals surface area contributed by atoms with E-state index in [0.29, 0.717) is 11.8 Å². The van der Waals surface area contributed by atoms with Crippen LogP contribution in [-0.2, 0) is 9.59 Å². The van der Waals surface area contributed by atoms with E-state index in [1.165, 1.54) is 0 Å². The fourth-order valence-electron chi connectivity index (χ4n) is 2.59. The monoisotopic (exact) mass is 309 g/mol. The molecule has 1 aliphatic heterocycles. The molecule has 5 nitrogen and oxygen atoms in total. The molecule has 2 aromatic carbocycles. The predicted molar refractivity (Wildman–Crippen MR) is 84.4 cm³/mol. The highest BCUT2D eigenvalue weighted by Crippen LogP contribution is 2.26. The zero-order valence-electron chi connectivity index (χ0n) is 12.3. The predicted octanol–water partition coefficient (Wildman–Crippen LogP) is 2.46. The van der Waals surface area contributed by atoms with Gasteiger partial charge in [-0.05, 0) is 24.3 Å². The van der Waals surface area contributed by atoms with Gasteiger partial charge in [0.15, 0.2) is 6.29 Å². The summed E-state index contributed by atoms with van der Waals surface area (Å²) in [5.74, 6) is -0.923. The first-order valence-electron chi connectivity index (χ1n) is 7.30. The SMILES string of the molecule is O=Cc1ccccc1OC(=O)[C@H]1CC(=O)N(c2ccccc2)C1. The minimum Gasteiger partial charge on any atom is -0.425 e. The average Bonchev–Trinajstić information content (AvgIpc) is 2.98. The second-order valence-corrected chi connectivity index (χ2v) is 5.32. The van der Waals surface area contributed by atoms with Gasteiger partial charge in [-0.1, -0.05) is 30.3 Å². The number of rotatable bonds is 4. The summed E-state index contributed by atoms with van der Waals surface area (Å²) in [6, 6.07) is 15.7. The second-order valence-electron chi connectivity index (χ2n) is 5.32. The summed E-state index contributed by atoms with van der Waals surface area (Å²) in [5, 5.41) is 0. The van der Waals surface area contributed by atoms with E-state index in [-0.39, 0.29) is 24.6 Å². The lowest BCUT2D eigenvalue weighted by Gasteiger charge is -2.16. The Morgan fingerprint density at radius 2 is 1.78 bits per heavy atom. The Bertz CT molecular complexity index is 742. The zero-order valence-corrected chi connectivity index (χ0v) is 12.3. The molecule has 1 heterocycles. The van der Waals surface area contributed by atoms with E-state index in [1.54, 1.807) is 29.2 Å². The first-order chi connectivity index (χ1) is 11.2. The molecule has 0 aromatic heterocycles. The summed E-state index contributed by atoms with van der Waals surface area (Å²) in [5.41, 5.74) is 1.08. The van der Waals surface area contributed by atoms with E-state index in [4.69, 9.17) is 4.74 Å². The quantitative estimate of drug-likeness (QED) is 0.494. The fraction of sp³-hybridized carbons (Fsp3) is 0.167. The maximum absolute atomic E-state index is 12.3. The highest BCUT2D eigenvalue weighted by molar-refractivity contribution is 5.99. The molecule has 2 aromatic rings. The number of hydrogen-bond acceptors (Lipinski definition) is 4. The topological polar surface area (TPSA) is 63.7 Å². The molecule has 3 rings (SSSR count). The zero-order chi connectivity index (χ0) is 16.2. The van der Waals surface area contributed by atoms with E-state index in [2.05, 4.69) is 0 Å². The number of hydrogen-bond donors (Lipinski definition) is 0. The Kier molecular flexibility index (Phi) is 4.19. The molecule has 1 saturated heterocycles. The Morgan fingerprint density at radius 3 is 2.52 bits per heavy atom. The number of esters is 1. The van der Waals surface area contributed by atoms with Crippen molar-refractivity contribution in [2.24, 2.45) is 5.92 Å². The van der Waals surface area contributed by atoms with Gasteiger partial charge in [-0.25, -0.2) is 0 Å². The lowest BCUT2D eigenvalue weighted by atomic mass is 10.1. The van der Waals surface area contributed by atoms with Gasteiger partial charge in [-0.3, -0.25) is 14.4 Å². The third kappa shape index (κ3) is 3.13. The van der Waals surface area contributed by atoms with Crippen LogP contribution in [0.2, 0.25) is 0 Å². The van der Waals surface area contributed by atoms with E-state index in [0.717, 1.165) is 5.69 Å².